The molecule has 0 fully saturated rings. The maximum Gasteiger partial charge on any atom is 0.328 e. The van der Waals surface area contributed by atoms with Crippen molar-refractivity contribution < 1.29 is 14.7 Å². The summed E-state index contributed by atoms with van der Waals surface area (Å²) in [6.45, 7) is 0. The number of aromatic nitrogens is 1. The van der Waals surface area contributed by atoms with Gasteiger partial charge in [-0.05, 0) is 18.2 Å². The maximum atomic E-state index is 11.3. The fourth-order valence-electron chi connectivity index (χ4n) is 0.807. The number of carboxylic acids is 1. The van der Waals surface area contributed by atoms with E-state index in [9.17, 15) is 9.59 Å². The van der Waals surface area contributed by atoms with Crippen molar-refractivity contribution in [1.29, 1.82) is 0 Å². The maximum absolute atomic E-state index is 11.3. The van der Waals surface area contributed by atoms with Gasteiger partial charge in [-0.1, -0.05) is 11.6 Å². The molecule has 0 bridgehead atoms. The zero-order valence-electron chi connectivity index (χ0n) is 6.98. The summed E-state index contributed by atoms with van der Waals surface area (Å²) in [6, 6.07) is 3.03. The third-order valence-corrected chi connectivity index (χ3v) is 1.70. The summed E-state index contributed by atoms with van der Waals surface area (Å²) in [7, 11) is 0. The molecule has 0 saturated heterocycles. The zero-order valence-corrected chi connectivity index (χ0v) is 7.73. The molecule has 0 aliphatic carbocycles. The number of carbonyl (C=O) groups excluding carboxylic acids is 1. The summed E-state index contributed by atoms with van der Waals surface area (Å²) < 4.78 is 0. The molecule has 0 aliphatic heterocycles. The van der Waals surface area contributed by atoms with E-state index in [1.54, 1.807) is 6.07 Å². The molecule has 0 radical (unpaired) electrons. The van der Waals surface area contributed by atoms with Crippen LogP contribution < -0.4 is 0 Å². The molecule has 1 rings (SSSR count). The molecule has 0 aromatic carbocycles. The molecule has 72 valence electrons. The molecule has 14 heavy (non-hydrogen) atoms. The van der Waals surface area contributed by atoms with Crippen molar-refractivity contribution in [3.05, 3.63) is 41.2 Å². The number of aliphatic carboxylic acids is 1. The first-order valence-electron chi connectivity index (χ1n) is 3.67. The number of hydrogen-bond donors (Lipinski definition) is 1. The molecular weight excluding hydrogens is 206 g/mol. The van der Waals surface area contributed by atoms with Crippen LogP contribution in [0.25, 0.3) is 0 Å². The molecule has 1 aromatic rings. The highest BCUT2D eigenvalue weighted by atomic mass is 35.5. The Labute approximate surface area is 84.8 Å². The van der Waals surface area contributed by atoms with E-state index in [0.29, 0.717) is 0 Å². The summed E-state index contributed by atoms with van der Waals surface area (Å²) in [5.41, 5.74) is 0.187. The van der Waals surface area contributed by atoms with Crippen LogP contribution in [0.2, 0.25) is 5.15 Å². The number of halogens is 1. The van der Waals surface area contributed by atoms with Crippen LogP contribution in [0.5, 0.6) is 0 Å². The average Bonchev–Trinajstić information content (AvgIpc) is 2.15. The molecule has 1 N–H and O–H groups in total. The van der Waals surface area contributed by atoms with E-state index in [-0.39, 0.29) is 10.7 Å². The smallest absolute Gasteiger partial charge is 0.328 e. The van der Waals surface area contributed by atoms with Crippen molar-refractivity contribution >= 4 is 23.4 Å². The molecule has 5 heteroatoms. The lowest BCUT2D eigenvalue weighted by Gasteiger charge is -1.96. The van der Waals surface area contributed by atoms with Crippen LogP contribution in [-0.4, -0.2) is 21.8 Å². The van der Waals surface area contributed by atoms with Gasteiger partial charge in [-0.15, -0.1) is 0 Å². The number of nitrogens with zero attached hydrogens (tertiary/aromatic N) is 1. The van der Waals surface area contributed by atoms with Crippen LogP contribution in [-0.2, 0) is 4.79 Å². The number of allylic oxidation sites excluding steroid dienone is 1. The summed E-state index contributed by atoms with van der Waals surface area (Å²) >= 11 is 5.62. The van der Waals surface area contributed by atoms with Crippen molar-refractivity contribution in [2.24, 2.45) is 0 Å². The van der Waals surface area contributed by atoms with Gasteiger partial charge >= 0.3 is 5.97 Å². The SMILES string of the molecule is O=C(O)C=CC(=O)c1cccnc1Cl. The third kappa shape index (κ3) is 2.67. The van der Waals surface area contributed by atoms with E-state index in [1.165, 1.54) is 12.3 Å². The van der Waals surface area contributed by atoms with Crippen molar-refractivity contribution in [3.8, 4) is 0 Å². The Morgan fingerprint density at radius 2 is 2.14 bits per heavy atom. The van der Waals surface area contributed by atoms with Gasteiger partial charge in [0.1, 0.15) is 5.15 Å². The summed E-state index contributed by atoms with van der Waals surface area (Å²) in [4.78, 5) is 25.1. The molecule has 0 aliphatic rings. The molecule has 1 heterocycles. The highest BCUT2D eigenvalue weighted by Gasteiger charge is 2.07. The van der Waals surface area contributed by atoms with Gasteiger partial charge in [0, 0.05) is 12.3 Å². The van der Waals surface area contributed by atoms with Gasteiger partial charge in [-0.2, -0.15) is 0 Å². The van der Waals surface area contributed by atoms with E-state index >= 15 is 0 Å². The predicted molar refractivity (Wildman–Crippen MR) is 50.4 cm³/mol. The minimum absolute atomic E-state index is 0.0625. The van der Waals surface area contributed by atoms with E-state index in [2.05, 4.69) is 4.98 Å². The summed E-state index contributed by atoms with van der Waals surface area (Å²) in [5.74, 6) is -1.66. The molecule has 0 spiro atoms. The molecule has 0 atom stereocenters. The van der Waals surface area contributed by atoms with Crippen molar-refractivity contribution in [1.82, 2.24) is 4.98 Å². The molecule has 0 saturated carbocycles. The Hall–Kier alpha value is -1.68. The van der Waals surface area contributed by atoms with Gasteiger partial charge in [0.2, 0.25) is 0 Å². The number of ketones is 1. The first-order valence-corrected chi connectivity index (χ1v) is 4.05. The van der Waals surface area contributed by atoms with E-state index in [0.717, 1.165) is 12.2 Å². The van der Waals surface area contributed by atoms with E-state index in [1.807, 2.05) is 0 Å². The van der Waals surface area contributed by atoms with Crippen LogP contribution in [0.4, 0.5) is 0 Å². The van der Waals surface area contributed by atoms with Crippen molar-refractivity contribution in [2.75, 3.05) is 0 Å². The molecule has 0 unspecified atom stereocenters. The van der Waals surface area contributed by atoms with Gasteiger partial charge in [-0.25, -0.2) is 9.78 Å². The first kappa shape index (κ1) is 10.4. The fraction of sp³-hybridized carbons (Fsp3) is 0. The Morgan fingerprint density at radius 3 is 2.71 bits per heavy atom. The number of hydrogen-bond acceptors (Lipinski definition) is 3. The minimum Gasteiger partial charge on any atom is -0.478 e. The van der Waals surface area contributed by atoms with Gasteiger partial charge in [0.15, 0.2) is 5.78 Å². The minimum atomic E-state index is -1.18. The van der Waals surface area contributed by atoms with Crippen LogP contribution in [0.15, 0.2) is 30.5 Å². The van der Waals surface area contributed by atoms with Crippen molar-refractivity contribution in [2.45, 2.75) is 0 Å². The van der Waals surface area contributed by atoms with Crippen LogP contribution in [0, 0.1) is 0 Å². The lowest BCUT2D eigenvalue weighted by Crippen LogP contribution is -1.98. The van der Waals surface area contributed by atoms with Crippen molar-refractivity contribution in [3.63, 3.8) is 0 Å². The van der Waals surface area contributed by atoms with Crippen LogP contribution >= 0.6 is 11.6 Å². The van der Waals surface area contributed by atoms with Gasteiger partial charge in [0.05, 0.1) is 5.56 Å². The number of carboxylic acid groups (broad SMARTS) is 1. The predicted octanol–water partition coefficient (Wildman–Crippen LogP) is 1.56. The quantitative estimate of drug-likeness (QED) is 0.468. The largest absolute Gasteiger partial charge is 0.478 e. The normalized spacial score (nSPS) is 10.4. The average molecular weight is 212 g/mol. The molecule has 4 nitrogen and oxygen atoms in total. The monoisotopic (exact) mass is 211 g/mol. The van der Waals surface area contributed by atoms with E-state index in [4.69, 9.17) is 16.7 Å². The molecular formula is C9H6ClNO3. The second kappa shape index (κ2) is 4.53. The zero-order chi connectivity index (χ0) is 10.6. The summed E-state index contributed by atoms with van der Waals surface area (Å²) in [5, 5.41) is 8.35. The Balaban J connectivity index is 2.91. The fourth-order valence-corrected chi connectivity index (χ4v) is 1.02. The highest BCUT2D eigenvalue weighted by Crippen LogP contribution is 2.12. The number of carbonyl (C=O) groups is 2. The number of rotatable bonds is 3. The van der Waals surface area contributed by atoms with Gasteiger partial charge in [0.25, 0.3) is 0 Å². The number of pyridine rings is 1. The summed E-state index contributed by atoms with van der Waals surface area (Å²) in [6.07, 6.45) is 3.14. The van der Waals surface area contributed by atoms with E-state index < -0.39 is 11.8 Å². The second-order valence-electron chi connectivity index (χ2n) is 2.38. The highest BCUT2D eigenvalue weighted by molar-refractivity contribution is 6.33. The van der Waals surface area contributed by atoms with Gasteiger partial charge < -0.3 is 5.11 Å². The van der Waals surface area contributed by atoms with Gasteiger partial charge in [-0.3, -0.25) is 4.79 Å². The Morgan fingerprint density at radius 1 is 1.43 bits per heavy atom. The van der Waals surface area contributed by atoms with Crippen LogP contribution in [0.3, 0.4) is 0 Å². The lowest BCUT2D eigenvalue weighted by molar-refractivity contribution is -0.131. The second-order valence-corrected chi connectivity index (χ2v) is 2.74. The lowest BCUT2D eigenvalue weighted by atomic mass is 10.2. The topological polar surface area (TPSA) is 67.3 Å². The molecule has 0 amide bonds. The Kier molecular flexibility index (Phi) is 3.36. The first-order chi connectivity index (χ1) is 6.61. The Bertz CT molecular complexity index is 401. The third-order valence-electron chi connectivity index (χ3n) is 1.40. The standard InChI is InChI=1S/C9H6ClNO3/c10-9-6(2-1-5-11-9)7(12)3-4-8(13)14/h1-5H,(H,13,14). The van der Waals surface area contributed by atoms with Crippen LogP contribution in [0.1, 0.15) is 10.4 Å². The molecule has 1 aromatic heterocycles.